The van der Waals surface area contributed by atoms with Crippen LogP contribution in [0.4, 0.5) is 0 Å². The number of nitrogens with zero attached hydrogens (tertiary/aromatic N) is 4. The molecule has 0 aliphatic heterocycles. The molecule has 0 fully saturated rings. The molecule has 0 bridgehead atoms. The zero-order valence-corrected chi connectivity index (χ0v) is 12.0. The number of aromatic nitrogens is 4. The molecule has 1 unspecified atom stereocenters. The minimum absolute atomic E-state index is 0.293. The lowest BCUT2D eigenvalue weighted by Crippen LogP contribution is -2.25. The maximum absolute atomic E-state index is 4.34. The lowest BCUT2D eigenvalue weighted by Gasteiger charge is -2.18. The molecule has 19 heavy (non-hydrogen) atoms. The quantitative estimate of drug-likeness (QED) is 0.828. The molecule has 5 nitrogen and oxygen atoms in total. The first kappa shape index (κ1) is 13.8. The van der Waals surface area contributed by atoms with Crippen molar-refractivity contribution >= 4 is 0 Å². The van der Waals surface area contributed by atoms with Gasteiger partial charge in [-0.1, -0.05) is 6.92 Å². The fraction of sp³-hybridized carbons (Fsp3) is 0.571. The lowest BCUT2D eigenvalue weighted by molar-refractivity contribution is 0.504. The molecule has 2 heterocycles. The average molecular weight is 261 g/mol. The van der Waals surface area contributed by atoms with Crippen molar-refractivity contribution in [2.24, 2.45) is 7.05 Å². The van der Waals surface area contributed by atoms with Gasteiger partial charge < -0.3 is 9.88 Å². The van der Waals surface area contributed by atoms with Gasteiger partial charge in [0.2, 0.25) is 0 Å². The number of nitrogens with one attached hydrogen (secondary N) is 1. The van der Waals surface area contributed by atoms with Gasteiger partial charge in [0, 0.05) is 26.0 Å². The molecule has 5 heteroatoms. The second kappa shape index (κ2) is 6.52. The lowest BCUT2D eigenvalue weighted by atomic mass is 10.1. The number of imidazole rings is 1. The van der Waals surface area contributed by atoms with Gasteiger partial charge in [0.15, 0.2) is 0 Å². The summed E-state index contributed by atoms with van der Waals surface area (Å²) in [6.07, 6.45) is 9.95. The minimum Gasteiger partial charge on any atom is -0.336 e. The van der Waals surface area contributed by atoms with Crippen LogP contribution in [-0.4, -0.2) is 25.9 Å². The van der Waals surface area contributed by atoms with Crippen LogP contribution in [0.25, 0.3) is 0 Å². The highest BCUT2D eigenvalue weighted by atomic mass is 15.3. The molecule has 2 aromatic rings. The van der Waals surface area contributed by atoms with Gasteiger partial charge >= 0.3 is 0 Å². The van der Waals surface area contributed by atoms with Gasteiger partial charge in [0.1, 0.15) is 0 Å². The van der Waals surface area contributed by atoms with Crippen LogP contribution >= 0.6 is 0 Å². The highest BCUT2D eigenvalue weighted by Crippen LogP contribution is 2.17. The fourth-order valence-electron chi connectivity index (χ4n) is 2.22. The van der Waals surface area contributed by atoms with Gasteiger partial charge in [-0.05, 0) is 31.9 Å². The average Bonchev–Trinajstić information content (AvgIpc) is 3.03. The van der Waals surface area contributed by atoms with Crippen LogP contribution in [-0.2, 0) is 20.0 Å². The third-order valence-corrected chi connectivity index (χ3v) is 3.30. The summed E-state index contributed by atoms with van der Waals surface area (Å²) in [4.78, 5) is 4.22. The highest BCUT2D eigenvalue weighted by Gasteiger charge is 2.15. The van der Waals surface area contributed by atoms with Crippen LogP contribution in [0.1, 0.15) is 37.6 Å². The van der Waals surface area contributed by atoms with Crippen molar-refractivity contribution in [2.75, 3.05) is 6.54 Å². The van der Waals surface area contributed by atoms with E-state index < -0.39 is 0 Å². The molecule has 104 valence electrons. The summed E-state index contributed by atoms with van der Waals surface area (Å²) in [5, 5.41) is 7.93. The normalized spacial score (nSPS) is 12.8. The first-order valence-corrected chi connectivity index (χ1v) is 6.95. The van der Waals surface area contributed by atoms with Crippen molar-refractivity contribution in [3.05, 3.63) is 36.2 Å². The Labute approximate surface area is 114 Å². The van der Waals surface area contributed by atoms with E-state index in [1.165, 1.54) is 11.3 Å². The van der Waals surface area contributed by atoms with Crippen LogP contribution in [0.15, 0.2) is 24.9 Å². The van der Waals surface area contributed by atoms with Crippen LogP contribution in [0, 0.1) is 0 Å². The van der Waals surface area contributed by atoms with Crippen LogP contribution < -0.4 is 5.32 Å². The van der Waals surface area contributed by atoms with Crippen LogP contribution in [0.2, 0.25) is 0 Å². The third-order valence-electron chi connectivity index (χ3n) is 3.30. The molecular weight excluding hydrogens is 238 g/mol. The minimum atomic E-state index is 0.293. The van der Waals surface area contributed by atoms with E-state index in [9.17, 15) is 0 Å². The SMILES string of the molecule is CCCNC(Cc1cnn(CC)c1)c1cncn1C. The molecule has 0 aliphatic rings. The van der Waals surface area contributed by atoms with Gasteiger partial charge in [0.25, 0.3) is 0 Å². The Morgan fingerprint density at radius 3 is 2.74 bits per heavy atom. The highest BCUT2D eigenvalue weighted by molar-refractivity contribution is 5.13. The molecule has 1 atom stereocenters. The van der Waals surface area contributed by atoms with Gasteiger partial charge in [-0.25, -0.2) is 4.98 Å². The van der Waals surface area contributed by atoms with Crippen molar-refractivity contribution in [1.82, 2.24) is 24.6 Å². The summed E-state index contributed by atoms with van der Waals surface area (Å²) >= 11 is 0. The van der Waals surface area contributed by atoms with Crippen molar-refractivity contribution in [2.45, 2.75) is 39.3 Å². The van der Waals surface area contributed by atoms with E-state index in [-0.39, 0.29) is 0 Å². The second-order valence-corrected chi connectivity index (χ2v) is 4.84. The third kappa shape index (κ3) is 3.44. The summed E-state index contributed by atoms with van der Waals surface area (Å²) in [7, 11) is 2.04. The van der Waals surface area contributed by atoms with E-state index in [1.807, 2.05) is 30.5 Å². The van der Waals surface area contributed by atoms with Gasteiger partial charge in [-0.15, -0.1) is 0 Å². The van der Waals surface area contributed by atoms with Gasteiger partial charge in [-0.3, -0.25) is 4.68 Å². The van der Waals surface area contributed by atoms with E-state index in [0.29, 0.717) is 6.04 Å². The van der Waals surface area contributed by atoms with E-state index in [1.54, 1.807) is 0 Å². The molecule has 0 aliphatic carbocycles. The molecule has 0 aromatic carbocycles. The van der Waals surface area contributed by atoms with Crippen molar-refractivity contribution in [3.8, 4) is 0 Å². The predicted octanol–water partition coefficient (Wildman–Crippen LogP) is 1.92. The zero-order valence-electron chi connectivity index (χ0n) is 12.0. The van der Waals surface area contributed by atoms with Crippen molar-refractivity contribution < 1.29 is 0 Å². The summed E-state index contributed by atoms with van der Waals surface area (Å²) in [5.41, 5.74) is 2.48. The Morgan fingerprint density at radius 1 is 1.32 bits per heavy atom. The maximum Gasteiger partial charge on any atom is 0.0946 e. The maximum atomic E-state index is 4.34. The summed E-state index contributed by atoms with van der Waals surface area (Å²) in [5.74, 6) is 0. The first-order chi connectivity index (χ1) is 9.24. The Bertz CT molecular complexity index is 499. The topological polar surface area (TPSA) is 47.7 Å². The Kier molecular flexibility index (Phi) is 4.74. The Morgan fingerprint density at radius 2 is 2.16 bits per heavy atom. The molecule has 0 saturated heterocycles. The Hall–Kier alpha value is -1.62. The van der Waals surface area contributed by atoms with E-state index in [4.69, 9.17) is 0 Å². The van der Waals surface area contributed by atoms with Crippen molar-refractivity contribution in [1.29, 1.82) is 0 Å². The number of hydrogen-bond donors (Lipinski definition) is 1. The summed E-state index contributed by atoms with van der Waals surface area (Å²) < 4.78 is 4.05. The second-order valence-electron chi connectivity index (χ2n) is 4.84. The van der Waals surface area contributed by atoms with Gasteiger partial charge in [-0.2, -0.15) is 5.10 Å². The van der Waals surface area contributed by atoms with Crippen LogP contribution in [0.5, 0.6) is 0 Å². The molecule has 2 rings (SSSR count). The first-order valence-electron chi connectivity index (χ1n) is 6.95. The van der Waals surface area contributed by atoms with E-state index in [0.717, 1.165) is 25.9 Å². The van der Waals surface area contributed by atoms with E-state index in [2.05, 4.69) is 40.0 Å². The smallest absolute Gasteiger partial charge is 0.0946 e. The van der Waals surface area contributed by atoms with Gasteiger partial charge in [0.05, 0.1) is 24.3 Å². The number of rotatable bonds is 7. The molecule has 0 radical (unpaired) electrons. The number of hydrogen-bond acceptors (Lipinski definition) is 3. The predicted molar refractivity (Wildman–Crippen MR) is 75.8 cm³/mol. The molecule has 2 aromatic heterocycles. The summed E-state index contributed by atoms with van der Waals surface area (Å²) in [6, 6.07) is 0.293. The molecule has 0 amide bonds. The van der Waals surface area contributed by atoms with Crippen molar-refractivity contribution in [3.63, 3.8) is 0 Å². The molecule has 1 N–H and O–H groups in total. The number of aryl methyl sites for hydroxylation is 2. The zero-order chi connectivity index (χ0) is 13.7. The monoisotopic (exact) mass is 261 g/mol. The fourth-order valence-corrected chi connectivity index (χ4v) is 2.22. The summed E-state index contributed by atoms with van der Waals surface area (Å²) in [6.45, 7) is 6.21. The molecule has 0 spiro atoms. The van der Waals surface area contributed by atoms with Crippen LogP contribution in [0.3, 0.4) is 0 Å². The standard InChI is InChI=1S/C14H23N5/c1-4-6-16-13(14-9-15-11-18(14)3)7-12-8-17-19(5-2)10-12/h8-11,13,16H,4-7H2,1-3H3. The Balaban J connectivity index is 2.11. The largest absolute Gasteiger partial charge is 0.336 e. The molecular formula is C14H23N5. The molecule has 0 saturated carbocycles. The van der Waals surface area contributed by atoms with E-state index >= 15 is 0 Å².